The van der Waals surface area contributed by atoms with Crippen molar-refractivity contribution in [2.45, 2.75) is 29.7 Å². The SMILES string of the molecule is CC(=O)C1=C(C)Nc2cc(Sc3ccccc3)ccc2NC1c1cncc(Br)c1. The zero-order valence-electron chi connectivity index (χ0n) is 16.1. The van der Waals surface area contributed by atoms with Gasteiger partial charge in [0.15, 0.2) is 5.78 Å². The van der Waals surface area contributed by atoms with Gasteiger partial charge in [0.2, 0.25) is 0 Å². The van der Waals surface area contributed by atoms with Crippen LogP contribution in [0.3, 0.4) is 0 Å². The van der Waals surface area contributed by atoms with Crippen molar-refractivity contribution in [3.8, 4) is 0 Å². The van der Waals surface area contributed by atoms with Gasteiger partial charge in [-0.15, -0.1) is 0 Å². The van der Waals surface area contributed by atoms with E-state index in [-0.39, 0.29) is 11.8 Å². The molecular formula is C23H20BrN3OS. The van der Waals surface area contributed by atoms with Crippen LogP contribution >= 0.6 is 27.7 Å². The average Bonchev–Trinajstić information content (AvgIpc) is 2.84. The number of aromatic nitrogens is 1. The summed E-state index contributed by atoms with van der Waals surface area (Å²) in [5, 5.41) is 6.99. The summed E-state index contributed by atoms with van der Waals surface area (Å²) in [7, 11) is 0. The second kappa shape index (κ2) is 8.43. The lowest BCUT2D eigenvalue weighted by Gasteiger charge is -2.21. The number of carbonyl (C=O) groups is 1. The summed E-state index contributed by atoms with van der Waals surface area (Å²) in [6, 6.07) is 18.3. The Kier molecular flexibility index (Phi) is 5.74. The van der Waals surface area contributed by atoms with E-state index in [9.17, 15) is 4.79 Å². The van der Waals surface area contributed by atoms with Crippen molar-refractivity contribution in [1.29, 1.82) is 0 Å². The molecule has 4 nitrogen and oxygen atoms in total. The van der Waals surface area contributed by atoms with E-state index in [4.69, 9.17) is 0 Å². The van der Waals surface area contributed by atoms with E-state index in [2.05, 4.69) is 61.9 Å². The number of rotatable bonds is 4. The zero-order chi connectivity index (χ0) is 20.4. The fourth-order valence-corrected chi connectivity index (χ4v) is 4.72. The molecule has 1 aromatic heterocycles. The Labute approximate surface area is 183 Å². The number of fused-ring (bicyclic) bond motifs is 1. The highest BCUT2D eigenvalue weighted by Crippen LogP contribution is 2.39. The first kappa shape index (κ1) is 19.7. The third-order valence-corrected chi connectivity index (χ3v) is 6.15. The highest BCUT2D eigenvalue weighted by atomic mass is 79.9. The largest absolute Gasteiger partial charge is 0.372 e. The number of Topliss-reactive ketones (excluding diaryl/α,β-unsaturated/α-hetero) is 1. The van der Waals surface area contributed by atoms with Crippen molar-refractivity contribution in [2.24, 2.45) is 0 Å². The predicted molar refractivity (Wildman–Crippen MR) is 122 cm³/mol. The lowest BCUT2D eigenvalue weighted by molar-refractivity contribution is -0.113. The van der Waals surface area contributed by atoms with Crippen LogP contribution in [0.4, 0.5) is 11.4 Å². The molecule has 29 heavy (non-hydrogen) atoms. The number of benzene rings is 2. The Bertz CT molecular complexity index is 1100. The third kappa shape index (κ3) is 4.38. The molecule has 1 aliphatic heterocycles. The first-order valence-electron chi connectivity index (χ1n) is 9.24. The standard InChI is InChI=1S/C23H20BrN3OS/c1-14-22(15(2)28)23(16-10-17(24)13-25-12-16)27-20-9-8-19(11-21(20)26-14)29-18-6-4-3-5-7-18/h3-13,23,26-27H,1-2H3. The molecule has 0 spiro atoms. The fourth-order valence-electron chi connectivity index (χ4n) is 3.46. The van der Waals surface area contributed by atoms with Crippen molar-refractivity contribution in [2.75, 3.05) is 10.6 Å². The fraction of sp³-hybridized carbons (Fsp3) is 0.130. The smallest absolute Gasteiger partial charge is 0.159 e. The number of hydrogen-bond donors (Lipinski definition) is 2. The lowest BCUT2D eigenvalue weighted by atomic mass is 9.95. The van der Waals surface area contributed by atoms with Gasteiger partial charge in [0.25, 0.3) is 0 Å². The van der Waals surface area contributed by atoms with E-state index >= 15 is 0 Å². The van der Waals surface area contributed by atoms with Crippen molar-refractivity contribution >= 4 is 44.8 Å². The van der Waals surface area contributed by atoms with E-state index in [1.54, 1.807) is 31.1 Å². The first-order chi connectivity index (χ1) is 14.0. The van der Waals surface area contributed by atoms with Crippen LogP contribution < -0.4 is 10.6 Å². The summed E-state index contributed by atoms with van der Waals surface area (Å²) in [6.45, 7) is 3.55. The van der Waals surface area contributed by atoms with Crippen molar-refractivity contribution < 1.29 is 4.79 Å². The molecule has 1 unspecified atom stereocenters. The molecule has 146 valence electrons. The van der Waals surface area contributed by atoms with Gasteiger partial charge in [-0.05, 0) is 71.7 Å². The van der Waals surface area contributed by atoms with Crippen LogP contribution in [0.25, 0.3) is 0 Å². The van der Waals surface area contributed by atoms with Gasteiger partial charge in [-0.25, -0.2) is 0 Å². The van der Waals surface area contributed by atoms with E-state index < -0.39 is 0 Å². The number of anilines is 2. The number of ketones is 1. The van der Waals surface area contributed by atoms with Crippen molar-refractivity contribution in [3.63, 3.8) is 0 Å². The number of halogens is 1. The average molecular weight is 466 g/mol. The molecular weight excluding hydrogens is 446 g/mol. The van der Waals surface area contributed by atoms with Gasteiger partial charge in [-0.1, -0.05) is 30.0 Å². The van der Waals surface area contributed by atoms with Crippen LogP contribution in [0.15, 0.2) is 92.5 Å². The molecule has 4 rings (SSSR count). The number of nitrogens with zero attached hydrogens (tertiary/aromatic N) is 1. The summed E-state index contributed by atoms with van der Waals surface area (Å²) in [5.74, 6) is 0.0270. The number of hydrogen-bond acceptors (Lipinski definition) is 5. The second-order valence-corrected chi connectivity index (χ2v) is 8.92. The number of allylic oxidation sites excluding steroid dienone is 1. The summed E-state index contributed by atoms with van der Waals surface area (Å²) in [4.78, 5) is 19.1. The maximum absolute atomic E-state index is 12.5. The third-order valence-electron chi connectivity index (χ3n) is 4.72. The molecule has 2 N–H and O–H groups in total. The molecule has 0 radical (unpaired) electrons. The van der Waals surface area contributed by atoms with E-state index in [1.165, 1.54) is 4.90 Å². The Morgan fingerprint density at radius 1 is 1.03 bits per heavy atom. The number of pyridine rings is 1. The minimum Gasteiger partial charge on any atom is -0.372 e. The molecule has 1 aliphatic rings. The molecule has 0 fully saturated rings. The van der Waals surface area contributed by atoms with E-state index in [0.717, 1.165) is 32.0 Å². The van der Waals surface area contributed by atoms with E-state index in [1.807, 2.05) is 31.2 Å². The van der Waals surface area contributed by atoms with Crippen LogP contribution in [-0.4, -0.2) is 10.8 Å². The van der Waals surface area contributed by atoms with Crippen LogP contribution in [0.1, 0.15) is 25.5 Å². The maximum Gasteiger partial charge on any atom is 0.159 e. The molecule has 0 amide bonds. The highest BCUT2D eigenvalue weighted by Gasteiger charge is 2.27. The van der Waals surface area contributed by atoms with Gasteiger partial charge in [-0.2, -0.15) is 0 Å². The highest BCUT2D eigenvalue weighted by molar-refractivity contribution is 9.10. The monoisotopic (exact) mass is 465 g/mol. The summed E-state index contributed by atoms with van der Waals surface area (Å²) in [6.07, 6.45) is 3.53. The summed E-state index contributed by atoms with van der Waals surface area (Å²) >= 11 is 5.19. The van der Waals surface area contributed by atoms with Gasteiger partial charge in [0, 0.05) is 37.9 Å². The number of carbonyl (C=O) groups excluding carboxylic acids is 1. The molecule has 0 bridgehead atoms. The minimum absolute atomic E-state index is 0.0270. The minimum atomic E-state index is -0.279. The Hall–Kier alpha value is -2.57. The van der Waals surface area contributed by atoms with Crippen LogP contribution in [0.2, 0.25) is 0 Å². The Morgan fingerprint density at radius 3 is 2.55 bits per heavy atom. The van der Waals surface area contributed by atoms with Gasteiger partial charge in [-0.3, -0.25) is 9.78 Å². The molecule has 3 aromatic rings. The van der Waals surface area contributed by atoms with Crippen LogP contribution in [0.5, 0.6) is 0 Å². The van der Waals surface area contributed by atoms with Crippen molar-refractivity contribution in [3.05, 3.63) is 88.3 Å². The van der Waals surface area contributed by atoms with Crippen LogP contribution in [0, 0.1) is 0 Å². The Morgan fingerprint density at radius 2 is 1.83 bits per heavy atom. The normalized spacial score (nSPS) is 15.8. The second-order valence-electron chi connectivity index (χ2n) is 6.86. The van der Waals surface area contributed by atoms with Gasteiger partial charge in [0.1, 0.15) is 0 Å². The number of nitrogens with one attached hydrogen (secondary N) is 2. The van der Waals surface area contributed by atoms with Gasteiger partial charge in [0.05, 0.1) is 17.4 Å². The zero-order valence-corrected chi connectivity index (χ0v) is 18.5. The van der Waals surface area contributed by atoms with E-state index in [0.29, 0.717) is 5.57 Å². The molecule has 2 heterocycles. The molecule has 0 saturated carbocycles. The van der Waals surface area contributed by atoms with Gasteiger partial charge >= 0.3 is 0 Å². The lowest BCUT2D eigenvalue weighted by Crippen LogP contribution is -2.18. The van der Waals surface area contributed by atoms with Crippen molar-refractivity contribution in [1.82, 2.24) is 4.98 Å². The topological polar surface area (TPSA) is 54.0 Å². The summed E-state index contributed by atoms with van der Waals surface area (Å²) < 4.78 is 0.879. The quantitative estimate of drug-likeness (QED) is 0.464. The first-order valence-corrected chi connectivity index (χ1v) is 10.8. The Balaban J connectivity index is 1.73. The van der Waals surface area contributed by atoms with Crippen LogP contribution in [-0.2, 0) is 4.79 Å². The maximum atomic E-state index is 12.5. The molecule has 2 aromatic carbocycles. The molecule has 6 heteroatoms. The van der Waals surface area contributed by atoms with Gasteiger partial charge < -0.3 is 10.6 Å². The molecule has 0 saturated heterocycles. The molecule has 1 atom stereocenters. The summed E-state index contributed by atoms with van der Waals surface area (Å²) in [5.41, 5.74) is 4.38. The molecule has 0 aliphatic carbocycles. The predicted octanol–water partition coefficient (Wildman–Crippen LogP) is 6.44.